The third-order valence-corrected chi connectivity index (χ3v) is 2.05. The van der Waals surface area contributed by atoms with Gasteiger partial charge in [0.15, 0.2) is 5.78 Å². The number of nitrogen functional groups attached to an aromatic ring is 1. The molecule has 7 heteroatoms. The standard InChI is InChI=1S/C9H10F3N3O/c1-4(16)7(13)6-2-5(9(10,11)12)3-15-8(6)14/h2-3,7H,13H2,1H3,(H2,14,15). The molecule has 0 saturated carbocycles. The predicted octanol–water partition coefficient (Wildman–Crippen LogP) is 1.27. The van der Waals surface area contributed by atoms with E-state index in [0.717, 1.165) is 6.07 Å². The maximum atomic E-state index is 12.4. The summed E-state index contributed by atoms with van der Waals surface area (Å²) in [6.45, 7) is 1.17. The number of carbonyl (C=O) groups excluding carboxylic acids is 1. The summed E-state index contributed by atoms with van der Waals surface area (Å²) in [5.41, 5.74) is 9.69. The van der Waals surface area contributed by atoms with Gasteiger partial charge in [-0.05, 0) is 13.0 Å². The van der Waals surface area contributed by atoms with E-state index in [1.54, 1.807) is 0 Å². The van der Waals surface area contributed by atoms with Gasteiger partial charge >= 0.3 is 6.18 Å². The lowest BCUT2D eigenvalue weighted by molar-refractivity contribution is -0.138. The Bertz CT molecular complexity index is 417. The fraction of sp³-hybridized carbons (Fsp3) is 0.333. The molecular weight excluding hydrogens is 223 g/mol. The molecule has 0 fully saturated rings. The average molecular weight is 233 g/mol. The smallest absolute Gasteiger partial charge is 0.383 e. The summed E-state index contributed by atoms with van der Waals surface area (Å²) in [5, 5.41) is 0. The Kier molecular flexibility index (Phi) is 3.18. The third-order valence-electron chi connectivity index (χ3n) is 2.05. The Labute approximate surface area is 89.4 Å². The van der Waals surface area contributed by atoms with E-state index in [-0.39, 0.29) is 11.4 Å². The second-order valence-corrected chi connectivity index (χ2v) is 3.28. The van der Waals surface area contributed by atoms with Gasteiger partial charge in [-0.1, -0.05) is 0 Å². The molecule has 0 amide bonds. The molecule has 1 unspecified atom stereocenters. The van der Waals surface area contributed by atoms with E-state index in [1.165, 1.54) is 6.92 Å². The van der Waals surface area contributed by atoms with Crippen molar-refractivity contribution in [3.8, 4) is 0 Å². The van der Waals surface area contributed by atoms with Gasteiger partial charge in [0.05, 0.1) is 11.6 Å². The maximum absolute atomic E-state index is 12.4. The number of carbonyl (C=O) groups is 1. The van der Waals surface area contributed by atoms with E-state index in [9.17, 15) is 18.0 Å². The molecule has 4 nitrogen and oxygen atoms in total. The van der Waals surface area contributed by atoms with Gasteiger partial charge < -0.3 is 11.5 Å². The number of hydrogen-bond donors (Lipinski definition) is 2. The highest BCUT2D eigenvalue weighted by molar-refractivity contribution is 5.84. The summed E-state index contributed by atoms with van der Waals surface area (Å²) < 4.78 is 37.1. The monoisotopic (exact) mass is 233 g/mol. The van der Waals surface area contributed by atoms with Crippen LogP contribution in [0.15, 0.2) is 12.3 Å². The van der Waals surface area contributed by atoms with Crippen molar-refractivity contribution in [1.82, 2.24) is 4.98 Å². The van der Waals surface area contributed by atoms with Crippen LogP contribution in [-0.2, 0) is 11.0 Å². The summed E-state index contributed by atoms with van der Waals surface area (Å²) in [6.07, 6.45) is -3.93. The van der Waals surface area contributed by atoms with E-state index in [0.29, 0.717) is 6.20 Å². The van der Waals surface area contributed by atoms with Gasteiger partial charge in [0.2, 0.25) is 0 Å². The number of nitrogens with two attached hydrogens (primary N) is 2. The van der Waals surface area contributed by atoms with Crippen LogP contribution >= 0.6 is 0 Å². The van der Waals surface area contributed by atoms with Crippen LogP contribution in [0.4, 0.5) is 19.0 Å². The molecule has 0 spiro atoms. The molecule has 0 saturated heterocycles. The Balaban J connectivity index is 3.24. The lowest BCUT2D eigenvalue weighted by atomic mass is 10.0. The molecule has 16 heavy (non-hydrogen) atoms. The van der Waals surface area contributed by atoms with Crippen molar-refractivity contribution in [3.63, 3.8) is 0 Å². The first-order chi connectivity index (χ1) is 7.23. The molecule has 0 aliphatic rings. The van der Waals surface area contributed by atoms with E-state index in [4.69, 9.17) is 11.5 Å². The Morgan fingerprint density at radius 2 is 2.06 bits per heavy atom. The van der Waals surface area contributed by atoms with Crippen LogP contribution in [-0.4, -0.2) is 10.8 Å². The maximum Gasteiger partial charge on any atom is 0.417 e. The number of anilines is 1. The van der Waals surface area contributed by atoms with Gasteiger partial charge in [-0.3, -0.25) is 4.79 Å². The van der Waals surface area contributed by atoms with E-state index in [2.05, 4.69) is 4.98 Å². The Morgan fingerprint density at radius 3 is 2.50 bits per heavy atom. The summed E-state index contributed by atoms with van der Waals surface area (Å²) >= 11 is 0. The normalized spacial score (nSPS) is 13.6. The van der Waals surface area contributed by atoms with Crippen molar-refractivity contribution < 1.29 is 18.0 Å². The first-order valence-corrected chi connectivity index (χ1v) is 4.32. The summed E-state index contributed by atoms with van der Waals surface area (Å²) in [5.74, 6) is -0.650. The predicted molar refractivity (Wildman–Crippen MR) is 51.3 cm³/mol. The molecule has 1 rings (SSSR count). The van der Waals surface area contributed by atoms with E-state index in [1.807, 2.05) is 0 Å². The highest BCUT2D eigenvalue weighted by atomic mass is 19.4. The van der Waals surface area contributed by atoms with Gasteiger partial charge in [-0.25, -0.2) is 4.98 Å². The lowest BCUT2D eigenvalue weighted by Crippen LogP contribution is -2.21. The number of alkyl halides is 3. The molecule has 1 atom stereocenters. The van der Waals surface area contributed by atoms with Crippen molar-refractivity contribution in [2.75, 3.05) is 5.73 Å². The first-order valence-electron chi connectivity index (χ1n) is 4.32. The molecular formula is C9H10F3N3O. The van der Waals surface area contributed by atoms with Crippen molar-refractivity contribution in [3.05, 3.63) is 23.4 Å². The van der Waals surface area contributed by atoms with Gasteiger partial charge in [-0.15, -0.1) is 0 Å². The molecule has 0 aliphatic heterocycles. The molecule has 1 heterocycles. The molecule has 0 bridgehead atoms. The Hall–Kier alpha value is -1.63. The lowest BCUT2D eigenvalue weighted by Gasteiger charge is -2.13. The van der Waals surface area contributed by atoms with Crippen LogP contribution in [0.3, 0.4) is 0 Å². The fourth-order valence-corrected chi connectivity index (χ4v) is 1.12. The molecule has 0 aromatic carbocycles. The molecule has 0 radical (unpaired) electrons. The molecule has 88 valence electrons. The number of hydrogen-bond acceptors (Lipinski definition) is 4. The number of nitrogens with zero attached hydrogens (tertiary/aromatic N) is 1. The zero-order chi connectivity index (χ0) is 12.5. The van der Waals surface area contributed by atoms with Crippen LogP contribution in [0.2, 0.25) is 0 Å². The number of ketones is 1. The minimum absolute atomic E-state index is 0.109. The van der Waals surface area contributed by atoms with E-state index >= 15 is 0 Å². The number of aromatic nitrogens is 1. The van der Waals surface area contributed by atoms with Crippen molar-refractivity contribution in [1.29, 1.82) is 0 Å². The fourth-order valence-electron chi connectivity index (χ4n) is 1.12. The van der Waals surface area contributed by atoms with Crippen LogP contribution in [0.1, 0.15) is 24.1 Å². The SMILES string of the molecule is CC(=O)C(N)c1cc(C(F)(F)F)cnc1N. The Morgan fingerprint density at radius 1 is 1.50 bits per heavy atom. The summed E-state index contributed by atoms with van der Waals surface area (Å²) in [6, 6.07) is -0.441. The second-order valence-electron chi connectivity index (χ2n) is 3.28. The first kappa shape index (κ1) is 12.4. The summed E-state index contributed by atoms with van der Waals surface area (Å²) in [7, 11) is 0. The van der Waals surface area contributed by atoms with Crippen LogP contribution in [0.5, 0.6) is 0 Å². The van der Waals surface area contributed by atoms with E-state index < -0.39 is 23.6 Å². The molecule has 1 aromatic heterocycles. The van der Waals surface area contributed by atoms with Crippen molar-refractivity contribution in [2.45, 2.75) is 19.1 Å². The number of Topliss-reactive ketones (excluding diaryl/α,β-unsaturated/α-hetero) is 1. The van der Waals surface area contributed by atoms with Gasteiger partial charge in [0.1, 0.15) is 5.82 Å². The average Bonchev–Trinajstić information content (AvgIpc) is 2.15. The zero-order valence-electron chi connectivity index (χ0n) is 8.38. The number of halogens is 3. The molecule has 0 aliphatic carbocycles. The third kappa shape index (κ3) is 2.48. The van der Waals surface area contributed by atoms with Crippen LogP contribution in [0, 0.1) is 0 Å². The van der Waals surface area contributed by atoms with Gasteiger partial charge in [0, 0.05) is 11.8 Å². The van der Waals surface area contributed by atoms with Gasteiger partial charge in [-0.2, -0.15) is 13.2 Å². The van der Waals surface area contributed by atoms with Crippen LogP contribution in [0.25, 0.3) is 0 Å². The molecule has 4 N–H and O–H groups in total. The largest absolute Gasteiger partial charge is 0.417 e. The molecule has 1 aromatic rings. The topological polar surface area (TPSA) is 82.0 Å². The van der Waals surface area contributed by atoms with Crippen LogP contribution < -0.4 is 11.5 Å². The highest BCUT2D eigenvalue weighted by Crippen LogP contribution is 2.31. The summed E-state index contributed by atoms with van der Waals surface area (Å²) in [4.78, 5) is 14.3. The zero-order valence-corrected chi connectivity index (χ0v) is 8.38. The second kappa shape index (κ2) is 4.09. The highest BCUT2D eigenvalue weighted by Gasteiger charge is 2.32. The van der Waals surface area contributed by atoms with Crippen molar-refractivity contribution >= 4 is 11.6 Å². The number of pyridine rings is 1. The number of rotatable bonds is 2. The quantitative estimate of drug-likeness (QED) is 0.805. The van der Waals surface area contributed by atoms with Crippen molar-refractivity contribution in [2.24, 2.45) is 5.73 Å². The van der Waals surface area contributed by atoms with Gasteiger partial charge in [0.25, 0.3) is 0 Å². The minimum atomic E-state index is -4.54. The minimum Gasteiger partial charge on any atom is -0.383 e.